The van der Waals surface area contributed by atoms with Crippen molar-refractivity contribution >= 4 is 29.1 Å². The largest absolute Gasteiger partial charge is 0.507 e. The van der Waals surface area contributed by atoms with Crippen molar-refractivity contribution in [3.05, 3.63) is 70.8 Å². The molecule has 0 saturated carbocycles. The van der Waals surface area contributed by atoms with Gasteiger partial charge in [0, 0.05) is 29.2 Å². The molecule has 0 aliphatic rings. The summed E-state index contributed by atoms with van der Waals surface area (Å²) >= 11 is 6.16. The van der Waals surface area contributed by atoms with Crippen LogP contribution in [0.1, 0.15) is 38.8 Å². The number of carboxylic acid groups (broad SMARTS) is 2. The van der Waals surface area contributed by atoms with Gasteiger partial charge in [0.05, 0.1) is 0 Å². The number of aromatic hydroxyl groups is 1. The third-order valence-corrected chi connectivity index (χ3v) is 5.21. The van der Waals surface area contributed by atoms with Gasteiger partial charge in [0.2, 0.25) is 0 Å². The van der Waals surface area contributed by atoms with Gasteiger partial charge in [-0.1, -0.05) is 48.0 Å². The average Bonchev–Trinajstić information content (AvgIpc) is 2.78. The molecule has 0 aliphatic heterocycles. The van der Waals surface area contributed by atoms with E-state index in [0.29, 0.717) is 17.1 Å². The highest BCUT2D eigenvalue weighted by Gasteiger charge is 2.29. The van der Waals surface area contributed by atoms with Gasteiger partial charge in [-0.3, -0.25) is 4.90 Å². The van der Waals surface area contributed by atoms with Crippen LogP contribution in [0.3, 0.4) is 0 Å². The monoisotopic (exact) mass is 493 g/mol. The zero-order valence-corrected chi connectivity index (χ0v) is 20.3. The van der Waals surface area contributed by atoms with Crippen LogP contribution in [-0.2, 0) is 9.59 Å². The normalized spacial score (nSPS) is 13.4. The zero-order chi connectivity index (χ0) is 26.0. The van der Waals surface area contributed by atoms with E-state index >= 15 is 0 Å². The number of halogens is 1. The van der Waals surface area contributed by atoms with Crippen molar-refractivity contribution in [2.75, 3.05) is 6.54 Å². The van der Waals surface area contributed by atoms with E-state index in [1.165, 1.54) is 0 Å². The van der Waals surface area contributed by atoms with Gasteiger partial charge in [-0.15, -0.1) is 0 Å². The minimum Gasteiger partial charge on any atom is -0.507 e. The van der Waals surface area contributed by atoms with E-state index in [4.69, 9.17) is 32.0 Å². The van der Waals surface area contributed by atoms with E-state index in [0.717, 1.165) is 23.2 Å². The molecule has 2 rings (SSSR count). The number of rotatable bonds is 9. The Labute approximate surface area is 204 Å². The quantitative estimate of drug-likeness (QED) is 0.358. The molecule has 5 N–H and O–H groups in total. The molecule has 2 aromatic rings. The first-order valence-electron chi connectivity index (χ1n) is 10.7. The molecular formula is C25H32ClNO7. The van der Waals surface area contributed by atoms with Gasteiger partial charge in [-0.05, 0) is 57.0 Å². The van der Waals surface area contributed by atoms with Crippen molar-refractivity contribution in [2.24, 2.45) is 0 Å². The zero-order valence-electron chi connectivity index (χ0n) is 19.6. The maximum Gasteiger partial charge on any atom is 0.335 e. The van der Waals surface area contributed by atoms with E-state index in [-0.39, 0.29) is 5.75 Å². The fourth-order valence-corrected chi connectivity index (χ4v) is 3.38. The highest BCUT2D eigenvalue weighted by atomic mass is 35.5. The summed E-state index contributed by atoms with van der Waals surface area (Å²) in [5.41, 5.74) is 2.84. The van der Waals surface area contributed by atoms with Gasteiger partial charge < -0.3 is 25.5 Å². The van der Waals surface area contributed by atoms with Crippen LogP contribution in [0.2, 0.25) is 5.02 Å². The van der Waals surface area contributed by atoms with Crippen molar-refractivity contribution in [3.8, 4) is 5.75 Å². The van der Waals surface area contributed by atoms with Crippen LogP contribution in [0.15, 0.2) is 54.6 Å². The molecule has 0 spiro atoms. The van der Waals surface area contributed by atoms with Gasteiger partial charge in [0.25, 0.3) is 0 Å². The number of hydrogen-bond acceptors (Lipinski definition) is 6. The van der Waals surface area contributed by atoms with Gasteiger partial charge in [0.1, 0.15) is 5.75 Å². The summed E-state index contributed by atoms with van der Waals surface area (Å²) in [4.78, 5) is 22.0. The fraction of sp³-hybridized carbons (Fsp3) is 0.360. The van der Waals surface area contributed by atoms with Crippen molar-refractivity contribution < 1.29 is 35.1 Å². The second-order valence-electron chi connectivity index (χ2n) is 8.10. The first-order valence-corrected chi connectivity index (χ1v) is 11.1. The highest BCUT2D eigenvalue weighted by Crippen LogP contribution is 2.32. The lowest BCUT2D eigenvalue weighted by Crippen LogP contribution is -2.39. The van der Waals surface area contributed by atoms with E-state index in [2.05, 4.69) is 50.8 Å². The van der Waals surface area contributed by atoms with Crippen LogP contribution in [-0.4, -0.2) is 73.2 Å². The van der Waals surface area contributed by atoms with Crippen LogP contribution < -0.4 is 0 Å². The summed E-state index contributed by atoms with van der Waals surface area (Å²) in [6.45, 7) is 9.62. The summed E-state index contributed by atoms with van der Waals surface area (Å²) in [5, 5.41) is 43.5. The van der Waals surface area contributed by atoms with E-state index in [9.17, 15) is 14.7 Å². The molecule has 0 amide bonds. The maximum atomic E-state index is 10.3. The van der Waals surface area contributed by atoms with Crippen molar-refractivity contribution in [3.63, 3.8) is 0 Å². The number of carbonyl (C=O) groups is 2. The van der Waals surface area contributed by atoms with Gasteiger partial charge in [0.15, 0.2) is 12.2 Å². The molecule has 2 unspecified atom stereocenters. The summed E-state index contributed by atoms with van der Waals surface area (Å²) in [5.74, 6) is -3.29. The van der Waals surface area contributed by atoms with Crippen molar-refractivity contribution in [1.29, 1.82) is 0 Å². The molecule has 9 heteroatoms. The van der Waals surface area contributed by atoms with Crippen molar-refractivity contribution in [1.82, 2.24) is 4.90 Å². The van der Waals surface area contributed by atoms with Gasteiger partial charge in [-0.2, -0.15) is 0 Å². The van der Waals surface area contributed by atoms with E-state index in [1.54, 1.807) is 12.1 Å². The Bertz CT molecular complexity index is 950. The summed E-state index contributed by atoms with van der Waals surface area (Å²) in [7, 11) is 0. The molecule has 0 fully saturated rings. The van der Waals surface area contributed by atoms with Crippen LogP contribution >= 0.6 is 11.6 Å². The third kappa shape index (κ3) is 8.79. The summed E-state index contributed by atoms with van der Waals surface area (Å²) in [6, 6.07) is 16.2. The standard InChI is InChI=1S/C21H26ClNO.C4H6O6/c1-15(2)23(16(3)4)13-12-19(17-8-6-5-7-9-17)20-14-18(22)10-11-21(20)24;5-1(3(7)8)2(6)4(9)10/h5-12,14-16,24H,13H2,1-4H3;1-2,5-6H,(H,7,8)(H,9,10)/b19-12-;. The molecule has 2 aromatic carbocycles. The average molecular weight is 494 g/mol. The first kappa shape index (κ1) is 29.1. The lowest BCUT2D eigenvalue weighted by molar-refractivity contribution is -0.165. The molecule has 0 aliphatic carbocycles. The van der Waals surface area contributed by atoms with Crippen LogP contribution in [0.25, 0.3) is 5.57 Å². The predicted octanol–water partition coefficient (Wildman–Crippen LogP) is 3.47. The number of benzene rings is 2. The molecule has 0 radical (unpaired) electrons. The van der Waals surface area contributed by atoms with Crippen LogP contribution in [0, 0.1) is 0 Å². The summed E-state index contributed by atoms with van der Waals surface area (Å²) in [6.07, 6.45) is -2.35. The van der Waals surface area contributed by atoms with Gasteiger partial charge >= 0.3 is 11.9 Å². The second-order valence-corrected chi connectivity index (χ2v) is 8.53. The topological polar surface area (TPSA) is 139 Å². The van der Waals surface area contributed by atoms with E-state index in [1.807, 2.05) is 24.3 Å². The third-order valence-electron chi connectivity index (χ3n) is 4.97. The molecule has 0 heterocycles. The number of aliphatic hydroxyl groups is 2. The highest BCUT2D eigenvalue weighted by molar-refractivity contribution is 6.30. The molecule has 186 valence electrons. The smallest absolute Gasteiger partial charge is 0.335 e. The Morgan fingerprint density at radius 1 is 0.912 bits per heavy atom. The number of phenolic OH excluding ortho intramolecular Hbond substituents is 1. The molecular weight excluding hydrogens is 462 g/mol. The number of nitrogens with zero attached hydrogens (tertiary/aromatic N) is 1. The van der Waals surface area contributed by atoms with E-state index < -0.39 is 24.1 Å². The Morgan fingerprint density at radius 2 is 1.41 bits per heavy atom. The molecule has 34 heavy (non-hydrogen) atoms. The molecule has 2 atom stereocenters. The fourth-order valence-electron chi connectivity index (χ4n) is 3.21. The molecule has 0 bridgehead atoms. The van der Waals surface area contributed by atoms with Gasteiger partial charge in [-0.25, -0.2) is 9.59 Å². The number of aliphatic carboxylic acids is 2. The Balaban J connectivity index is 0.000000489. The SMILES string of the molecule is CC(C)N(C/C=C(/c1ccccc1)c1cc(Cl)ccc1O)C(C)C.O=C(O)C(O)C(O)C(=O)O. The minimum absolute atomic E-state index is 0.246. The predicted molar refractivity (Wildman–Crippen MR) is 131 cm³/mol. The molecule has 0 saturated heterocycles. The lowest BCUT2D eigenvalue weighted by Gasteiger charge is -2.29. The number of carboxylic acids is 2. The first-order chi connectivity index (χ1) is 15.9. The summed E-state index contributed by atoms with van der Waals surface area (Å²) < 4.78 is 0. The Morgan fingerprint density at radius 3 is 1.85 bits per heavy atom. The minimum atomic E-state index is -2.27. The lowest BCUT2D eigenvalue weighted by atomic mass is 9.96. The molecule has 0 aromatic heterocycles. The number of phenols is 1. The van der Waals surface area contributed by atoms with Crippen LogP contribution in [0.4, 0.5) is 0 Å². The Hall–Kier alpha value is -2.91. The second kappa shape index (κ2) is 13.7. The maximum absolute atomic E-state index is 10.3. The number of aliphatic hydroxyl groups excluding tert-OH is 2. The molecule has 8 nitrogen and oxygen atoms in total. The number of hydrogen-bond donors (Lipinski definition) is 5. The Kier molecular flexibility index (Phi) is 11.7. The van der Waals surface area contributed by atoms with Crippen molar-refractivity contribution in [2.45, 2.75) is 52.0 Å². The van der Waals surface area contributed by atoms with Crippen LogP contribution in [0.5, 0.6) is 5.75 Å².